The SMILES string of the molecule is C[C@H](Nc1nccc(N2CCC(NC(=O)O)C2=O)n1)c1cnc(-c2ccc(Cl)cc2)s1. The Morgan fingerprint density at radius 3 is 2.81 bits per heavy atom. The Labute approximate surface area is 187 Å². The van der Waals surface area contributed by atoms with Crippen LogP contribution in [0.4, 0.5) is 16.6 Å². The van der Waals surface area contributed by atoms with Gasteiger partial charge in [0.25, 0.3) is 5.91 Å². The van der Waals surface area contributed by atoms with Gasteiger partial charge in [0.2, 0.25) is 5.95 Å². The van der Waals surface area contributed by atoms with E-state index in [-0.39, 0.29) is 11.9 Å². The molecule has 2 atom stereocenters. The molecule has 3 heterocycles. The number of halogens is 1. The van der Waals surface area contributed by atoms with Crippen molar-refractivity contribution in [3.05, 3.63) is 52.6 Å². The van der Waals surface area contributed by atoms with Gasteiger partial charge in [-0.1, -0.05) is 23.7 Å². The normalized spacial score (nSPS) is 16.9. The van der Waals surface area contributed by atoms with Crippen molar-refractivity contribution in [2.75, 3.05) is 16.8 Å². The summed E-state index contributed by atoms with van der Waals surface area (Å²) < 4.78 is 0. The molecule has 4 rings (SSSR count). The minimum Gasteiger partial charge on any atom is -0.465 e. The van der Waals surface area contributed by atoms with Crippen LogP contribution in [0.2, 0.25) is 5.02 Å². The van der Waals surface area contributed by atoms with Gasteiger partial charge in [-0.05, 0) is 31.5 Å². The first-order chi connectivity index (χ1) is 14.9. The van der Waals surface area contributed by atoms with Crippen molar-refractivity contribution in [3.8, 4) is 10.6 Å². The summed E-state index contributed by atoms with van der Waals surface area (Å²) in [5.74, 6) is 0.472. The topological polar surface area (TPSA) is 120 Å². The van der Waals surface area contributed by atoms with E-state index in [1.807, 2.05) is 37.4 Å². The molecule has 0 aliphatic carbocycles. The van der Waals surface area contributed by atoms with E-state index in [0.29, 0.717) is 29.8 Å². The third-order valence-corrected chi connectivity index (χ3v) is 6.29. The first kappa shape index (κ1) is 21.0. The van der Waals surface area contributed by atoms with Gasteiger partial charge < -0.3 is 15.7 Å². The van der Waals surface area contributed by atoms with Crippen LogP contribution < -0.4 is 15.5 Å². The molecule has 31 heavy (non-hydrogen) atoms. The van der Waals surface area contributed by atoms with E-state index < -0.39 is 12.1 Å². The smallest absolute Gasteiger partial charge is 0.405 e. The molecule has 1 aliphatic rings. The molecule has 2 aromatic heterocycles. The minimum atomic E-state index is -1.22. The van der Waals surface area contributed by atoms with Crippen molar-refractivity contribution in [2.24, 2.45) is 0 Å². The summed E-state index contributed by atoms with van der Waals surface area (Å²) in [5.41, 5.74) is 0.989. The average Bonchev–Trinajstić information content (AvgIpc) is 3.36. The summed E-state index contributed by atoms with van der Waals surface area (Å²) in [6, 6.07) is 8.27. The van der Waals surface area contributed by atoms with Crippen LogP contribution in [0.25, 0.3) is 10.6 Å². The number of aromatic nitrogens is 3. The zero-order valence-corrected chi connectivity index (χ0v) is 18.0. The summed E-state index contributed by atoms with van der Waals surface area (Å²) >= 11 is 7.50. The number of carboxylic acid groups (broad SMARTS) is 1. The molecule has 1 fully saturated rings. The van der Waals surface area contributed by atoms with Gasteiger partial charge in [-0.3, -0.25) is 9.69 Å². The Morgan fingerprint density at radius 1 is 1.29 bits per heavy atom. The van der Waals surface area contributed by atoms with Crippen molar-refractivity contribution in [2.45, 2.75) is 25.4 Å². The summed E-state index contributed by atoms with van der Waals surface area (Å²) in [5, 5.41) is 15.9. The number of anilines is 2. The van der Waals surface area contributed by atoms with Gasteiger partial charge in [0.05, 0.1) is 6.04 Å². The lowest BCUT2D eigenvalue weighted by Crippen LogP contribution is -2.41. The van der Waals surface area contributed by atoms with E-state index in [1.165, 1.54) is 4.90 Å². The Bertz CT molecular complexity index is 1110. The molecule has 0 spiro atoms. The Hall–Kier alpha value is -3.24. The van der Waals surface area contributed by atoms with Gasteiger partial charge in [-0.15, -0.1) is 11.3 Å². The first-order valence-electron chi connectivity index (χ1n) is 9.53. The van der Waals surface area contributed by atoms with Gasteiger partial charge in [0.15, 0.2) is 0 Å². The molecule has 0 radical (unpaired) electrons. The number of amides is 2. The standard InChI is InChI=1S/C20H19ClN6O3S/c1-11(15-10-23-17(31-15)12-2-4-13(21)5-3-12)24-19-22-8-6-16(26-19)27-9-7-14(18(27)28)25-20(29)30/h2-6,8,10-11,14,25H,7,9H2,1H3,(H,29,30)(H,22,24,26)/t11-,14?/m0/s1. The second-order valence-electron chi connectivity index (χ2n) is 6.96. The lowest BCUT2D eigenvalue weighted by molar-refractivity contribution is -0.118. The fourth-order valence-electron chi connectivity index (χ4n) is 3.24. The van der Waals surface area contributed by atoms with Gasteiger partial charge in [0.1, 0.15) is 16.9 Å². The molecule has 0 saturated carbocycles. The van der Waals surface area contributed by atoms with E-state index >= 15 is 0 Å². The Kier molecular flexibility index (Phi) is 6.01. The van der Waals surface area contributed by atoms with Gasteiger partial charge in [0, 0.05) is 34.4 Å². The highest BCUT2D eigenvalue weighted by molar-refractivity contribution is 7.15. The zero-order chi connectivity index (χ0) is 22.0. The molecule has 160 valence electrons. The second kappa shape index (κ2) is 8.86. The molecule has 2 amide bonds. The monoisotopic (exact) mass is 458 g/mol. The van der Waals surface area contributed by atoms with Crippen LogP contribution in [0, 0.1) is 0 Å². The van der Waals surface area contributed by atoms with Crippen molar-refractivity contribution >= 4 is 46.7 Å². The maximum absolute atomic E-state index is 12.5. The fraction of sp³-hybridized carbons (Fsp3) is 0.250. The van der Waals surface area contributed by atoms with E-state index in [9.17, 15) is 9.59 Å². The van der Waals surface area contributed by atoms with Crippen LogP contribution in [0.15, 0.2) is 42.7 Å². The molecular weight excluding hydrogens is 440 g/mol. The van der Waals surface area contributed by atoms with E-state index in [1.54, 1.807) is 23.6 Å². The number of thiazole rings is 1. The molecule has 11 heteroatoms. The second-order valence-corrected chi connectivity index (χ2v) is 8.46. The molecule has 1 aliphatic heterocycles. The van der Waals surface area contributed by atoms with Gasteiger partial charge >= 0.3 is 6.09 Å². The molecule has 0 bridgehead atoms. The highest BCUT2D eigenvalue weighted by Gasteiger charge is 2.34. The lowest BCUT2D eigenvalue weighted by atomic mass is 10.2. The van der Waals surface area contributed by atoms with E-state index in [0.717, 1.165) is 15.4 Å². The van der Waals surface area contributed by atoms with Crippen LogP contribution in [-0.2, 0) is 4.79 Å². The van der Waals surface area contributed by atoms with E-state index in [2.05, 4.69) is 25.6 Å². The van der Waals surface area contributed by atoms with Crippen molar-refractivity contribution < 1.29 is 14.7 Å². The number of hydrogen-bond donors (Lipinski definition) is 3. The zero-order valence-electron chi connectivity index (χ0n) is 16.4. The van der Waals surface area contributed by atoms with Gasteiger partial charge in [-0.25, -0.2) is 14.8 Å². The van der Waals surface area contributed by atoms with E-state index in [4.69, 9.17) is 16.7 Å². The number of nitrogens with zero attached hydrogens (tertiary/aromatic N) is 4. The highest BCUT2D eigenvalue weighted by Crippen LogP contribution is 2.31. The molecule has 1 unspecified atom stereocenters. The molecule has 9 nitrogen and oxygen atoms in total. The third-order valence-electron chi connectivity index (χ3n) is 4.81. The number of hydrogen-bond acceptors (Lipinski definition) is 7. The predicted molar refractivity (Wildman–Crippen MR) is 119 cm³/mol. The summed E-state index contributed by atoms with van der Waals surface area (Å²) in [6.45, 7) is 2.36. The summed E-state index contributed by atoms with van der Waals surface area (Å²) in [6.07, 6.45) is 2.54. The lowest BCUT2D eigenvalue weighted by Gasteiger charge is -2.17. The van der Waals surface area contributed by atoms with Crippen molar-refractivity contribution in [1.82, 2.24) is 20.3 Å². The summed E-state index contributed by atoms with van der Waals surface area (Å²) in [7, 11) is 0. The van der Waals surface area contributed by atoms with Crippen LogP contribution in [0.1, 0.15) is 24.3 Å². The number of benzene rings is 1. The average molecular weight is 459 g/mol. The number of rotatable bonds is 6. The molecular formula is C20H19ClN6O3S. The maximum atomic E-state index is 12.5. The van der Waals surface area contributed by atoms with Crippen LogP contribution in [-0.4, -0.2) is 44.6 Å². The van der Waals surface area contributed by atoms with Crippen LogP contribution >= 0.6 is 22.9 Å². The number of carbonyl (C=O) groups is 2. The third kappa shape index (κ3) is 4.75. The van der Waals surface area contributed by atoms with Crippen LogP contribution in [0.3, 0.4) is 0 Å². The van der Waals surface area contributed by atoms with Gasteiger partial charge in [-0.2, -0.15) is 4.98 Å². The maximum Gasteiger partial charge on any atom is 0.405 e. The largest absolute Gasteiger partial charge is 0.465 e. The van der Waals surface area contributed by atoms with Crippen molar-refractivity contribution in [1.29, 1.82) is 0 Å². The van der Waals surface area contributed by atoms with Crippen LogP contribution in [0.5, 0.6) is 0 Å². The minimum absolute atomic E-state index is 0.107. The molecule has 1 aromatic carbocycles. The Morgan fingerprint density at radius 2 is 2.06 bits per heavy atom. The first-order valence-corrected chi connectivity index (χ1v) is 10.7. The van der Waals surface area contributed by atoms with Crippen molar-refractivity contribution in [3.63, 3.8) is 0 Å². The molecule has 1 saturated heterocycles. The molecule has 3 N–H and O–H groups in total. The highest BCUT2D eigenvalue weighted by atomic mass is 35.5. The number of nitrogens with one attached hydrogen (secondary N) is 2. The summed E-state index contributed by atoms with van der Waals surface area (Å²) in [4.78, 5) is 38.9. The quantitative estimate of drug-likeness (QED) is 0.513. The molecule has 3 aromatic rings. The fourth-order valence-corrected chi connectivity index (χ4v) is 4.29. The number of carbonyl (C=O) groups excluding carboxylic acids is 1. The Balaban J connectivity index is 1.45. The predicted octanol–water partition coefficient (Wildman–Crippen LogP) is 3.80.